The van der Waals surface area contributed by atoms with Crippen LogP contribution < -0.4 is 0 Å². The summed E-state index contributed by atoms with van der Waals surface area (Å²) in [7, 11) is 0. The Balaban J connectivity index is 4.21. The average Bonchev–Trinajstić information content (AvgIpc) is 2.36. The van der Waals surface area contributed by atoms with Crippen LogP contribution in [0.25, 0.3) is 0 Å². The lowest BCUT2D eigenvalue weighted by molar-refractivity contribution is -0.146. The van der Waals surface area contributed by atoms with Crippen molar-refractivity contribution in [1.29, 1.82) is 0 Å². The minimum absolute atomic E-state index is 0.0821. The van der Waals surface area contributed by atoms with Crippen molar-refractivity contribution >= 4 is 23.0 Å². The van der Waals surface area contributed by atoms with Crippen LogP contribution in [-0.2, 0) is 9.53 Å². The van der Waals surface area contributed by atoms with Gasteiger partial charge in [-0.15, -0.1) is 0 Å². The molecule has 0 heterocycles. The summed E-state index contributed by atoms with van der Waals surface area (Å²) >= 11 is 1.23. The number of ether oxygens (including phenoxy) is 1. The molecule has 0 N–H and O–H groups in total. The second-order valence-corrected chi connectivity index (χ2v) is 7.80. The summed E-state index contributed by atoms with van der Waals surface area (Å²) in [5.74, 6) is 1.43. The van der Waals surface area contributed by atoms with Crippen molar-refractivity contribution in [1.82, 2.24) is 4.90 Å². The Morgan fingerprint density at radius 3 is 1.86 bits per heavy atom. The smallest absolute Gasteiger partial charge is 0.306 e. The normalized spacial score (nSPS) is 11.3. The Kier molecular flexibility index (Phi) is 11.4. The summed E-state index contributed by atoms with van der Waals surface area (Å²) in [5, 5.41) is 0.0821. The van der Waals surface area contributed by atoms with Crippen LogP contribution in [-0.4, -0.2) is 41.1 Å². The van der Waals surface area contributed by atoms with Gasteiger partial charge in [0.2, 0.25) is 0 Å². The van der Waals surface area contributed by atoms with Gasteiger partial charge in [0, 0.05) is 18.8 Å². The third-order valence-electron chi connectivity index (χ3n) is 3.11. The number of hydrogen-bond donors (Lipinski definition) is 0. The number of carbonyl (C=O) groups is 2. The van der Waals surface area contributed by atoms with Crippen LogP contribution in [0.2, 0.25) is 0 Å². The Morgan fingerprint density at radius 1 is 0.955 bits per heavy atom. The Morgan fingerprint density at radius 2 is 1.45 bits per heavy atom. The number of thioether (sulfide) groups is 1. The van der Waals surface area contributed by atoms with Crippen molar-refractivity contribution in [2.75, 3.05) is 18.8 Å². The molecule has 130 valence electrons. The van der Waals surface area contributed by atoms with Crippen LogP contribution >= 0.6 is 11.8 Å². The van der Waals surface area contributed by atoms with E-state index in [0.29, 0.717) is 17.6 Å². The maximum atomic E-state index is 12.3. The highest BCUT2D eigenvalue weighted by Crippen LogP contribution is 2.15. The molecule has 0 saturated heterocycles. The molecule has 0 atom stereocenters. The van der Waals surface area contributed by atoms with Crippen LogP contribution in [0.4, 0.5) is 4.79 Å². The van der Waals surface area contributed by atoms with Crippen LogP contribution in [0.15, 0.2) is 0 Å². The van der Waals surface area contributed by atoms with E-state index in [-0.39, 0.29) is 23.7 Å². The highest BCUT2D eigenvalue weighted by Gasteiger charge is 2.16. The first-order valence-electron chi connectivity index (χ1n) is 8.33. The highest BCUT2D eigenvalue weighted by molar-refractivity contribution is 8.13. The SMILES string of the molecule is CC(C)CCN(CCC(C)C)C(=O)SCCC(=O)OC(C)C. The van der Waals surface area contributed by atoms with Crippen LogP contribution in [0.3, 0.4) is 0 Å². The molecule has 0 saturated carbocycles. The van der Waals surface area contributed by atoms with Crippen molar-refractivity contribution < 1.29 is 14.3 Å². The fraction of sp³-hybridized carbons (Fsp3) is 0.882. The van der Waals surface area contributed by atoms with Crippen molar-refractivity contribution in [3.8, 4) is 0 Å². The number of esters is 1. The molecular weight excluding hydrogens is 298 g/mol. The van der Waals surface area contributed by atoms with Gasteiger partial charge in [-0.05, 0) is 38.5 Å². The highest BCUT2D eigenvalue weighted by atomic mass is 32.2. The van der Waals surface area contributed by atoms with E-state index in [1.165, 1.54) is 11.8 Å². The standard InChI is InChI=1S/C17H33NO3S/c1-13(2)7-10-18(11-8-14(3)4)17(20)22-12-9-16(19)21-15(5)6/h13-15H,7-12H2,1-6H3. The van der Waals surface area contributed by atoms with E-state index in [1.54, 1.807) is 0 Å². The molecular formula is C17H33NO3S. The Labute approximate surface area is 140 Å². The summed E-state index contributed by atoms with van der Waals surface area (Å²) in [6.07, 6.45) is 2.22. The summed E-state index contributed by atoms with van der Waals surface area (Å²) in [6.45, 7) is 13.9. The van der Waals surface area contributed by atoms with Gasteiger partial charge < -0.3 is 9.64 Å². The number of nitrogens with zero attached hydrogens (tertiary/aromatic N) is 1. The van der Waals surface area contributed by atoms with E-state index in [1.807, 2.05) is 18.7 Å². The van der Waals surface area contributed by atoms with Crippen molar-refractivity contribution in [3.05, 3.63) is 0 Å². The van der Waals surface area contributed by atoms with Gasteiger partial charge in [-0.2, -0.15) is 0 Å². The summed E-state index contributed by atoms with van der Waals surface area (Å²) in [5.41, 5.74) is 0. The molecule has 0 aromatic carbocycles. The molecule has 0 aromatic rings. The molecule has 0 fully saturated rings. The van der Waals surface area contributed by atoms with Crippen LogP contribution in [0.5, 0.6) is 0 Å². The summed E-state index contributed by atoms with van der Waals surface area (Å²) < 4.78 is 5.07. The number of hydrogen-bond acceptors (Lipinski definition) is 4. The molecule has 0 unspecified atom stereocenters. The van der Waals surface area contributed by atoms with Crippen LogP contribution in [0, 0.1) is 11.8 Å². The van der Waals surface area contributed by atoms with Gasteiger partial charge in [0.1, 0.15) is 0 Å². The lowest BCUT2D eigenvalue weighted by Crippen LogP contribution is -2.31. The zero-order valence-corrected chi connectivity index (χ0v) is 15.9. The third-order valence-corrected chi connectivity index (χ3v) is 4.02. The lowest BCUT2D eigenvalue weighted by Gasteiger charge is -2.24. The fourth-order valence-corrected chi connectivity index (χ4v) is 2.57. The molecule has 0 aromatic heterocycles. The second kappa shape index (κ2) is 11.8. The van der Waals surface area contributed by atoms with Crippen molar-refractivity contribution in [2.45, 2.75) is 66.9 Å². The zero-order valence-electron chi connectivity index (χ0n) is 15.1. The lowest BCUT2D eigenvalue weighted by atomic mass is 10.1. The maximum Gasteiger partial charge on any atom is 0.306 e. The second-order valence-electron chi connectivity index (χ2n) is 6.76. The minimum Gasteiger partial charge on any atom is -0.463 e. The Hall–Kier alpha value is -0.710. The van der Waals surface area contributed by atoms with E-state index in [9.17, 15) is 9.59 Å². The number of rotatable bonds is 10. The zero-order chi connectivity index (χ0) is 17.1. The van der Waals surface area contributed by atoms with E-state index in [2.05, 4.69) is 27.7 Å². The van der Waals surface area contributed by atoms with E-state index < -0.39 is 0 Å². The molecule has 0 radical (unpaired) electrons. The van der Waals surface area contributed by atoms with E-state index in [4.69, 9.17) is 4.74 Å². The van der Waals surface area contributed by atoms with Crippen molar-refractivity contribution in [2.24, 2.45) is 11.8 Å². The van der Waals surface area contributed by atoms with Crippen LogP contribution in [0.1, 0.15) is 60.8 Å². The van der Waals surface area contributed by atoms with Gasteiger partial charge in [0.15, 0.2) is 0 Å². The molecule has 4 nitrogen and oxygen atoms in total. The first kappa shape index (κ1) is 21.3. The molecule has 0 aliphatic carbocycles. The molecule has 0 rings (SSSR count). The topological polar surface area (TPSA) is 46.6 Å². The molecule has 0 aliphatic rings. The monoisotopic (exact) mass is 331 g/mol. The number of carbonyl (C=O) groups excluding carboxylic acids is 2. The van der Waals surface area contributed by atoms with E-state index in [0.717, 1.165) is 25.9 Å². The minimum atomic E-state index is -0.230. The predicted molar refractivity (Wildman–Crippen MR) is 94.2 cm³/mol. The maximum absolute atomic E-state index is 12.3. The average molecular weight is 332 g/mol. The summed E-state index contributed by atoms with van der Waals surface area (Å²) in [6, 6.07) is 0. The predicted octanol–water partition coefficient (Wildman–Crippen LogP) is 4.58. The quantitative estimate of drug-likeness (QED) is 0.550. The van der Waals surface area contributed by atoms with Crippen molar-refractivity contribution in [3.63, 3.8) is 0 Å². The largest absolute Gasteiger partial charge is 0.463 e. The van der Waals surface area contributed by atoms with Gasteiger partial charge in [-0.3, -0.25) is 9.59 Å². The fourth-order valence-electron chi connectivity index (χ4n) is 1.76. The summed E-state index contributed by atoms with van der Waals surface area (Å²) in [4.78, 5) is 25.7. The molecule has 0 spiro atoms. The first-order valence-corrected chi connectivity index (χ1v) is 9.32. The van der Waals surface area contributed by atoms with Gasteiger partial charge in [0.05, 0.1) is 12.5 Å². The van der Waals surface area contributed by atoms with Gasteiger partial charge in [-0.25, -0.2) is 0 Å². The molecule has 22 heavy (non-hydrogen) atoms. The van der Waals surface area contributed by atoms with Gasteiger partial charge >= 0.3 is 5.97 Å². The number of amides is 1. The van der Waals surface area contributed by atoms with E-state index >= 15 is 0 Å². The van der Waals surface area contributed by atoms with Gasteiger partial charge in [0.25, 0.3) is 5.24 Å². The first-order chi connectivity index (χ1) is 10.2. The third kappa shape index (κ3) is 11.9. The molecule has 0 bridgehead atoms. The Bertz CT molecular complexity index is 318. The molecule has 0 aliphatic heterocycles. The molecule has 5 heteroatoms. The molecule has 1 amide bonds. The van der Waals surface area contributed by atoms with Gasteiger partial charge in [-0.1, -0.05) is 39.5 Å².